The van der Waals surface area contributed by atoms with Crippen molar-refractivity contribution in [2.45, 2.75) is 13.8 Å². The highest BCUT2D eigenvalue weighted by atomic mass is 16.7. The average molecular weight is 289 g/mol. The number of aromatic nitrogens is 2. The van der Waals surface area contributed by atoms with Crippen LogP contribution in [0.1, 0.15) is 23.2 Å². The van der Waals surface area contributed by atoms with Crippen molar-refractivity contribution < 1.29 is 19.0 Å². The molecule has 0 atom stereocenters. The fraction of sp³-hybridized carbons (Fsp3) is 0.286. The van der Waals surface area contributed by atoms with Gasteiger partial charge >= 0.3 is 5.97 Å². The van der Waals surface area contributed by atoms with Gasteiger partial charge in [0.2, 0.25) is 6.79 Å². The molecule has 2 heterocycles. The molecule has 0 bridgehead atoms. The van der Waals surface area contributed by atoms with Gasteiger partial charge in [-0.3, -0.25) is 4.57 Å². The minimum Gasteiger partial charge on any atom is -0.461 e. The third-order valence-electron chi connectivity index (χ3n) is 3.16. The second kappa shape index (κ2) is 5.01. The van der Waals surface area contributed by atoms with E-state index in [4.69, 9.17) is 19.9 Å². The van der Waals surface area contributed by atoms with Crippen molar-refractivity contribution in [3.8, 4) is 17.2 Å². The summed E-state index contributed by atoms with van der Waals surface area (Å²) in [4.78, 5) is 16.0. The highest BCUT2D eigenvalue weighted by molar-refractivity contribution is 5.92. The Hall–Kier alpha value is -2.70. The van der Waals surface area contributed by atoms with E-state index in [1.165, 1.54) is 0 Å². The van der Waals surface area contributed by atoms with Crippen LogP contribution in [-0.2, 0) is 4.74 Å². The molecule has 3 rings (SSSR count). The van der Waals surface area contributed by atoms with Crippen LogP contribution >= 0.6 is 0 Å². The van der Waals surface area contributed by atoms with Crippen molar-refractivity contribution in [2.75, 3.05) is 19.1 Å². The number of anilines is 1. The number of carbonyl (C=O) groups excluding carboxylic acids is 1. The van der Waals surface area contributed by atoms with Crippen LogP contribution in [0.2, 0.25) is 0 Å². The average Bonchev–Trinajstić information content (AvgIpc) is 3.03. The number of esters is 1. The number of ether oxygens (including phenoxy) is 3. The summed E-state index contributed by atoms with van der Waals surface area (Å²) in [5, 5.41) is 0. The van der Waals surface area contributed by atoms with E-state index in [1.807, 2.05) is 6.07 Å². The molecule has 1 aliphatic rings. The number of aryl methyl sites for hydroxylation is 1. The Morgan fingerprint density at radius 1 is 1.43 bits per heavy atom. The van der Waals surface area contributed by atoms with E-state index in [9.17, 15) is 4.79 Å². The van der Waals surface area contributed by atoms with E-state index in [2.05, 4.69) is 4.98 Å². The van der Waals surface area contributed by atoms with E-state index in [0.29, 0.717) is 17.3 Å². The normalized spacial score (nSPS) is 12.5. The Morgan fingerprint density at radius 3 is 2.95 bits per heavy atom. The summed E-state index contributed by atoms with van der Waals surface area (Å²) < 4.78 is 17.2. The molecule has 7 heteroatoms. The first kappa shape index (κ1) is 13.3. The van der Waals surface area contributed by atoms with Crippen molar-refractivity contribution in [1.82, 2.24) is 9.55 Å². The van der Waals surface area contributed by atoms with E-state index in [1.54, 1.807) is 30.5 Å². The number of benzene rings is 1. The lowest BCUT2D eigenvalue weighted by Gasteiger charge is -2.08. The molecule has 7 nitrogen and oxygen atoms in total. The molecule has 0 aliphatic carbocycles. The van der Waals surface area contributed by atoms with Gasteiger partial charge in [-0.05, 0) is 26.0 Å². The fourth-order valence-corrected chi connectivity index (χ4v) is 2.25. The van der Waals surface area contributed by atoms with Gasteiger partial charge in [0.25, 0.3) is 0 Å². The molecule has 1 aromatic heterocycles. The zero-order valence-electron chi connectivity index (χ0n) is 11.8. The van der Waals surface area contributed by atoms with Gasteiger partial charge in [0.1, 0.15) is 11.6 Å². The number of carbonyl (C=O) groups is 1. The molecular weight excluding hydrogens is 274 g/mol. The van der Waals surface area contributed by atoms with Gasteiger partial charge in [-0.15, -0.1) is 0 Å². The van der Waals surface area contributed by atoms with Crippen LogP contribution < -0.4 is 15.2 Å². The molecule has 0 fully saturated rings. The van der Waals surface area contributed by atoms with Crippen LogP contribution in [0.5, 0.6) is 11.5 Å². The van der Waals surface area contributed by atoms with E-state index < -0.39 is 5.97 Å². The fourth-order valence-electron chi connectivity index (χ4n) is 2.25. The summed E-state index contributed by atoms with van der Waals surface area (Å²) in [6.07, 6.45) is 0. The van der Waals surface area contributed by atoms with Gasteiger partial charge in [0.05, 0.1) is 12.3 Å². The minimum atomic E-state index is -0.530. The second-order valence-corrected chi connectivity index (χ2v) is 4.49. The number of imidazole rings is 1. The van der Waals surface area contributed by atoms with Gasteiger partial charge in [-0.2, -0.15) is 0 Å². The number of nitrogen functional groups attached to an aromatic ring is 1. The quantitative estimate of drug-likeness (QED) is 0.865. The maximum atomic E-state index is 11.8. The van der Waals surface area contributed by atoms with Crippen molar-refractivity contribution in [3.63, 3.8) is 0 Å². The van der Waals surface area contributed by atoms with Crippen molar-refractivity contribution >= 4 is 11.8 Å². The van der Waals surface area contributed by atoms with Crippen LogP contribution in [0.4, 0.5) is 5.82 Å². The Balaban J connectivity index is 2.05. The number of fused-ring (bicyclic) bond motifs is 1. The Bertz CT molecular complexity index is 708. The monoisotopic (exact) mass is 289 g/mol. The topological polar surface area (TPSA) is 88.6 Å². The van der Waals surface area contributed by atoms with Crippen LogP contribution in [0, 0.1) is 6.92 Å². The Morgan fingerprint density at radius 2 is 2.19 bits per heavy atom. The molecule has 0 radical (unpaired) electrons. The lowest BCUT2D eigenvalue weighted by atomic mass is 10.2. The van der Waals surface area contributed by atoms with Gasteiger partial charge in [-0.1, -0.05) is 0 Å². The third-order valence-corrected chi connectivity index (χ3v) is 3.16. The zero-order chi connectivity index (χ0) is 15.0. The smallest absolute Gasteiger partial charge is 0.360 e. The lowest BCUT2D eigenvalue weighted by Crippen LogP contribution is -2.09. The first-order valence-electron chi connectivity index (χ1n) is 6.53. The van der Waals surface area contributed by atoms with E-state index in [0.717, 1.165) is 5.69 Å². The van der Waals surface area contributed by atoms with Crippen molar-refractivity contribution in [3.05, 3.63) is 29.7 Å². The molecule has 0 unspecified atom stereocenters. The first-order chi connectivity index (χ1) is 10.1. The Kier molecular flexibility index (Phi) is 3.17. The number of nitrogens with zero attached hydrogens (tertiary/aromatic N) is 2. The standard InChI is InChI=1S/C14H15N3O4/c1-3-19-14(18)12-13(15)17(8(2)16-12)9-4-5-10-11(6-9)21-7-20-10/h4-6H,3,7,15H2,1-2H3. The SMILES string of the molecule is CCOC(=O)c1nc(C)n(-c2ccc3c(c2)OCO3)c1N. The van der Waals surface area contributed by atoms with Crippen LogP contribution in [-0.4, -0.2) is 28.9 Å². The summed E-state index contributed by atoms with van der Waals surface area (Å²) >= 11 is 0. The number of rotatable bonds is 3. The molecular formula is C14H15N3O4. The molecule has 0 spiro atoms. The van der Waals surface area contributed by atoms with Crippen LogP contribution in [0.3, 0.4) is 0 Å². The number of hydrogen-bond donors (Lipinski definition) is 1. The molecule has 1 aliphatic heterocycles. The molecule has 0 saturated heterocycles. The highest BCUT2D eigenvalue weighted by Crippen LogP contribution is 2.35. The van der Waals surface area contributed by atoms with Gasteiger partial charge in [0.15, 0.2) is 17.2 Å². The summed E-state index contributed by atoms with van der Waals surface area (Å²) in [5.41, 5.74) is 6.91. The van der Waals surface area contributed by atoms with Gasteiger partial charge in [-0.25, -0.2) is 9.78 Å². The summed E-state index contributed by atoms with van der Waals surface area (Å²) in [6.45, 7) is 3.97. The van der Waals surface area contributed by atoms with E-state index >= 15 is 0 Å². The number of hydrogen-bond acceptors (Lipinski definition) is 6. The lowest BCUT2D eigenvalue weighted by molar-refractivity contribution is 0.0521. The number of nitrogens with two attached hydrogens (primary N) is 1. The van der Waals surface area contributed by atoms with Gasteiger partial charge in [0, 0.05) is 6.07 Å². The summed E-state index contributed by atoms with van der Waals surface area (Å²) in [5.74, 6) is 1.62. The van der Waals surface area contributed by atoms with Crippen molar-refractivity contribution in [2.24, 2.45) is 0 Å². The van der Waals surface area contributed by atoms with E-state index in [-0.39, 0.29) is 24.9 Å². The van der Waals surface area contributed by atoms with Crippen LogP contribution in [0.25, 0.3) is 5.69 Å². The zero-order valence-corrected chi connectivity index (χ0v) is 11.8. The summed E-state index contributed by atoms with van der Waals surface area (Å²) in [7, 11) is 0. The Labute approximate surface area is 121 Å². The first-order valence-corrected chi connectivity index (χ1v) is 6.53. The highest BCUT2D eigenvalue weighted by Gasteiger charge is 2.22. The van der Waals surface area contributed by atoms with Gasteiger partial charge < -0.3 is 19.9 Å². The molecule has 0 saturated carbocycles. The van der Waals surface area contributed by atoms with Crippen LogP contribution in [0.15, 0.2) is 18.2 Å². The molecule has 2 aromatic rings. The largest absolute Gasteiger partial charge is 0.461 e. The summed E-state index contributed by atoms with van der Waals surface area (Å²) in [6, 6.07) is 5.41. The molecule has 110 valence electrons. The maximum Gasteiger partial charge on any atom is 0.360 e. The molecule has 2 N–H and O–H groups in total. The predicted molar refractivity (Wildman–Crippen MR) is 74.8 cm³/mol. The maximum absolute atomic E-state index is 11.8. The minimum absolute atomic E-state index is 0.118. The second-order valence-electron chi connectivity index (χ2n) is 4.49. The van der Waals surface area contributed by atoms with Crippen molar-refractivity contribution in [1.29, 1.82) is 0 Å². The molecule has 21 heavy (non-hydrogen) atoms. The third kappa shape index (κ3) is 2.16. The predicted octanol–water partition coefficient (Wildman–Crippen LogP) is 1.67. The molecule has 0 amide bonds. The molecule has 1 aromatic carbocycles.